The molecule has 0 aromatic carbocycles. The molecule has 0 atom stereocenters. The number of ether oxygens (including phenoxy) is 1. The van der Waals surface area contributed by atoms with Gasteiger partial charge in [0.15, 0.2) is 0 Å². The monoisotopic (exact) mass is 222 g/mol. The van der Waals surface area contributed by atoms with Crippen LogP contribution in [0.3, 0.4) is 0 Å². The number of nitrogens with one attached hydrogen (secondary N) is 2. The highest BCUT2D eigenvalue weighted by Crippen LogP contribution is 2.13. The minimum atomic E-state index is 0.470. The van der Waals surface area contributed by atoms with Gasteiger partial charge in [-0.15, -0.1) is 0 Å². The highest BCUT2D eigenvalue weighted by molar-refractivity contribution is 5.40. The third kappa shape index (κ3) is 3.06. The molecule has 2 N–H and O–H groups in total. The molecule has 0 spiro atoms. The topological polar surface area (TPSA) is 59.1 Å². The molecule has 0 aliphatic carbocycles. The number of aromatic nitrogens is 2. The third-order valence-corrected chi connectivity index (χ3v) is 2.56. The Morgan fingerprint density at radius 1 is 1.44 bits per heavy atom. The van der Waals surface area contributed by atoms with Gasteiger partial charge in [-0.3, -0.25) is 0 Å². The second-order valence-corrected chi connectivity index (χ2v) is 3.83. The van der Waals surface area contributed by atoms with Crippen LogP contribution in [0.15, 0.2) is 12.3 Å². The van der Waals surface area contributed by atoms with E-state index in [1.54, 1.807) is 6.20 Å². The Bertz CT molecular complexity index is 326. The van der Waals surface area contributed by atoms with Crippen LogP contribution in [0.1, 0.15) is 19.8 Å². The van der Waals surface area contributed by atoms with E-state index in [-0.39, 0.29) is 0 Å². The first-order valence-electron chi connectivity index (χ1n) is 5.79. The number of rotatable bonds is 4. The minimum Gasteiger partial charge on any atom is -0.381 e. The molecule has 0 unspecified atom stereocenters. The van der Waals surface area contributed by atoms with E-state index in [0.29, 0.717) is 12.0 Å². The van der Waals surface area contributed by atoms with Crippen molar-refractivity contribution in [1.82, 2.24) is 9.97 Å². The quantitative estimate of drug-likeness (QED) is 0.808. The zero-order chi connectivity index (χ0) is 11.2. The highest BCUT2D eigenvalue weighted by atomic mass is 16.5. The van der Waals surface area contributed by atoms with Gasteiger partial charge in [0.05, 0.1) is 0 Å². The van der Waals surface area contributed by atoms with Crippen LogP contribution in [0.2, 0.25) is 0 Å². The van der Waals surface area contributed by atoms with Gasteiger partial charge in [-0.05, 0) is 25.8 Å². The third-order valence-electron chi connectivity index (χ3n) is 2.56. The fourth-order valence-corrected chi connectivity index (χ4v) is 1.73. The molecule has 1 aromatic rings. The molecular formula is C11H18N4O. The number of hydrogen-bond donors (Lipinski definition) is 2. The summed E-state index contributed by atoms with van der Waals surface area (Å²) in [4.78, 5) is 8.52. The van der Waals surface area contributed by atoms with Gasteiger partial charge in [-0.2, -0.15) is 4.98 Å². The van der Waals surface area contributed by atoms with E-state index in [4.69, 9.17) is 4.74 Å². The average Bonchev–Trinajstić information content (AvgIpc) is 2.31. The first-order chi connectivity index (χ1) is 7.88. The van der Waals surface area contributed by atoms with Crippen LogP contribution >= 0.6 is 0 Å². The van der Waals surface area contributed by atoms with Crippen molar-refractivity contribution < 1.29 is 4.74 Å². The van der Waals surface area contributed by atoms with Crippen molar-refractivity contribution in [1.29, 1.82) is 0 Å². The van der Waals surface area contributed by atoms with E-state index in [1.165, 1.54) is 0 Å². The maximum Gasteiger partial charge on any atom is 0.224 e. The van der Waals surface area contributed by atoms with Gasteiger partial charge in [-0.1, -0.05) is 0 Å². The number of anilines is 2. The molecule has 0 amide bonds. The first-order valence-corrected chi connectivity index (χ1v) is 5.79. The summed E-state index contributed by atoms with van der Waals surface area (Å²) in [6.07, 6.45) is 3.85. The maximum atomic E-state index is 5.31. The summed E-state index contributed by atoms with van der Waals surface area (Å²) in [5.41, 5.74) is 0. The lowest BCUT2D eigenvalue weighted by atomic mass is 10.1. The predicted octanol–water partition coefficient (Wildman–Crippen LogP) is 1.50. The molecular weight excluding hydrogens is 204 g/mol. The molecule has 1 fully saturated rings. The SMILES string of the molecule is CCNc1nccc(NC2CCOCC2)n1. The van der Waals surface area contributed by atoms with Gasteiger partial charge >= 0.3 is 0 Å². The van der Waals surface area contributed by atoms with Crippen LogP contribution in [0, 0.1) is 0 Å². The summed E-state index contributed by atoms with van der Waals surface area (Å²) < 4.78 is 5.31. The van der Waals surface area contributed by atoms with Crippen LogP contribution in [-0.2, 0) is 4.74 Å². The minimum absolute atomic E-state index is 0.470. The molecule has 1 saturated heterocycles. The van der Waals surface area contributed by atoms with Gasteiger partial charge in [-0.25, -0.2) is 4.98 Å². The second-order valence-electron chi connectivity index (χ2n) is 3.83. The molecule has 1 aliphatic rings. The Hall–Kier alpha value is -1.36. The molecule has 88 valence electrons. The van der Waals surface area contributed by atoms with Crippen LogP contribution in [0.25, 0.3) is 0 Å². The summed E-state index contributed by atoms with van der Waals surface area (Å²) in [5.74, 6) is 1.57. The number of nitrogens with zero attached hydrogens (tertiary/aromatic N) is 2. The summed E-state index contributed by atoms with van der Waals surface area (Å²) in [6.45, 7) is 4.54. The van der Waals surface area contributed by atoms with E-state index < -0.39 is 0 Å². The Kier molecular flexibility index (Phi) is 3.93. The van der Waals surface area contributed by atoms with Crippen molar-refractivity contribution in [2.24, 2.45) is 0 Å². The summed E-state index contributed by atoms with van der Waals surface area (Å²) in [5, 5.41) is 6.51. The summed E-state index contributed by atoms with van der Waals surface area (Å²) in [6, 6.07) is 2.37. The van der Waals surface area contributed by atoms with E-state index in [0.717, 1.165) is 38.4 Å². The number of hydrogen-bond acceptors (Lipinski definition) is 5. The van der Waals surface area contributed by atoms with Crippen molar-refractivity contribution in [2.45, 2.75) is 25.8 Å². The molecule has 16 heavy (non-hydrogen) atoms. The van der Waals surface area contributed by atoms with Gasteiger partial charge in [0.25, 0.3) is 0 Å². The van der Waals surface area contributed by atoms with E-state index in [1.807, 2.05) is 13.0 Å². The molecule has 5 nitrogen and oxygen atoms in total. The smallest absolute Gasteiger partial charge is 0.224 e. The highest BCUT2D eigenvalue weighted by Gasteiger charge is 2.13. The molecule has 0 bridgehead atoms. The summed E-state index contributed by atoms with van der Waals surface area (Å²) >= 11 is 0. The molecule has 2 rings (SSSR count). The van der Waals surface area contributed by atoms with Crippen molar-refractivity contribution in [2.75, 3.05) is 30.4 Å². The largest absolute Gasteiger partial charge is 0.381 e. The molecule has 0 radical (unpaired) electrons. The Morgan fingerprint density at radius 2 is 2.25 bits per heavy atom. The van der Waals surface area contributed by atoms with Gasteiger partial charge in [0.2, 0.25) is 5.95 Å². The lowest BCUT2D eigenvalue weighted by molar-refractivity contribution is 0.0904. The normalized spacial score (nSPS) is 17.1. The zero-order valence-electron chi connectivity index (χ0n) is 9.57. The van der Waals surface area contributed by atoms with Crippen LogP contribution in [-0.4, -0.2) is 35.8 Å². The van der Waals surface area contributed by atoms with Crippen LogP contribution < -0.4 is 10.6 Å². The Labute approximate surface area is 95.6 Å². The molecule has 1 aromatic heterocycles. The van der Waals surface area contributed by atoms with Gasteiger partial charge < -0.3 is 15.4 Å². The first kappa shape index (κ1) is 11.1. The molecule has 1 aliphatic heterocycles. The van der Waals surface area contributed by atoms with Gasteiger partial charge in [0, 0.05) is 32.0 Å². The average molecular weight is 222 g/mol. The predicted molar refractivity (Wildman–Crippen MR) is 63.7 cm³/mol. The fraction of sp³-hybridized carbons (Fsp3) is 0.636. The molecule has 0 saturated carbocycles. The fourth-order valence-electron chi connectivity index (χ4n) is 1.73. The van der Waals surface area contributed by atoms with Gasteiger partial charge in [0.1, 0.15) is 5.82 Å². The maximum absolute atomic E-state index is 5.31. The Morgan fingerprint density at radius 3 is 3.00 bits per heavy atom. The lowest BCUT2D eigenvalue weighted by Gasteiger charge is -2.23. The summed E-state index contributed by atoms with van der Waals surface area (Å²) in [7, 11) is 0. The van der Waals surface area contributed by atoms with E-state index in [9.17, 15) is 0 Å². The lowest BCUT2D eigenvalue weighted by Crippen LogP contribution is -2.28. The van der Waals surface area contributed by atoms with Crippen molar-refractivity contribution in [3.63, 3.8) is 0 Å². The molecule has 5 heteroatoms. The van der Waals surface area contributed by atoms with Crippen molar-refractivity contribution in [3.8, 4) is 0 Å². The Balaban J connectivity index is 1.94. The van der Waals surface area contributed by atoms with E-state index in [2.05, 4.69) is 20.6 Å². The van der Waals surface area contributed by atoms with Crippen molar-refractivity contribution in [3.05, 3.63) is 12.3 Å². The zero-order valence-corrected chi connectivity index (χ0v) is 9.57. The van der Waals surface area contributed by atoms with Crippen molar-refractivity contribution >= 4 is 11.8 Å². The second kappa shape index (κ2) is 5.65. The van der Waals surface area contributed by atoms with Crippen LogP contribution in [0.5, 0.6) is 0 Å². The molecule has 2 heterocycles. The standard InChI is InChI=1S/C11H18N4O/c1-2-12-11-13-6-3-10(15-11)14-9-4-7-16-8-5-9/h3,6,9H,2,4-5,7-8H2,1H3,(H2,12,13,14,15). The van der Waals surface area contributed by atoms with E-state index >= 15 is 0 Å². The van der Waals surface area contributed by atoms with Crippen LogP contribution in [0.4, 0.5) is 11.8 Å².